The summed E-state index contributed by atoms with van der Waals surface area (Å²) in [6.07, 6.45) is 6.76. The molecule has 0 N–H and O–H groups in total. The van der Waals surface area contributed by atoms with Crippen molar-refractivity contribution in [2.45, 2.75) is 37.8 Å². The third-order valence-electron chi connectivity index (χ3n) is 6.74. The average Bonchev–Trinajstić information content (AvgIpc) is 3.21. The molecule has 1 amide bonds. The lowest BCUT2D eigenvalue weighted by Crippen LogP contribution is -2.50. The molecule has 3 aliphatic rings. The minimum Gasteiger partial charge on any atom is -0.307 e. The van der Waals surface area contributed by atoms with E-state index in [9.17, 15) is 4.79 Å². The minimum atomic E-state index is -0.416. The highest BCUT2D eigenvalue weighted by atomic mass is 16.2. The first-order valence-corrected chi connectivity index (χ1v) is 10.1. The highest BCUT2D eigenvalue weighted by molar-refractivity contribution is 6.09. The smallest absolute Gasteiger partial charge is 0.240 e. The molecule has 0 saturated carbocycles. The van der Waals surface area contributed by atoms with Gasteiger partial charge in [0.25, 0.3) is 0 Å². The van der Waals surface area contributed by atoms with Gasteiger partial charge < -0.3 is 4.90 Å². The fraction of sp³-hybridized carbons (Fsp3) is 0.375. The maximum absolute atomic E-state index is 13.9. The molecule has 3 heteroatoms. The Morgan fingerprint density at radius 3 is 2.63 bits per heavy atom. The van der Waals surface area contributed by atoms with Crippen LogP contribution in [0.3, 0.4) is 0 Å². The van der Waals surface area contributed by atoms with Gasteiger partial charge >= 0.3 is 0 Å². The van der Waals surface area contributed by atoms with E-state index in [1.807, 2.05) is 23.1 Å². The quantitative estimate of drug-likeness (QED) is 0.770. The number of carbonyl (C=O) groups is 1. The van der Waals surface area contributed by atoms with Gasteiger partial charge in [0.15, 0.2) is 0 Å². The summed E-state index contributed by atoms with van der Waals surface area (Å²) < 4.78 is 0. The molecule has 1 spiro atoms. The van der Waals surface area contributed by atoms with Gasteiger partial charge in [0.1, 0.15) is 0 Å². The summed E-state index contributed by atoms with van der Waals surface area (Å²) in [5.74, 6) is 0.892. The first-order valence-electron chi connectivity index (χ1n) is 10.1. The second-order valence-corrected chi connectivity index (χ2v) is 8.11. The van der Waals surface area contributed by atoms with E-state index in [0.29, 0.717) is 12.5 Å². The summed E-state index contributed by atoms with van der Waals surface area (Å²) in [5.41, 5.74) is 3.08. The molecule has 27 heavy (non-hydrogen) atoms. The van der Waals surface area contributed by atoms with E-state index in [1.165, 1.54) is 11.1 Å². The van der Waals surface area contributed by atoms with Crippen molar-refractivity contribution in [3.8, 4) is 0 Å². The fourth-order valence-corrected chi connectivity index (χ4v) is 5.30. The van der Waals surface area contributed by atoms with Gasteiger partial charge in [-0.3, -0.25) is 9.69 Å². The molecule has 0 bridgehead atoms. The Labute approximate surface area is 161 Å². The SMILES string of the molecule is CCC1C=C[C@H]2N(CC[C@]23C(=O)N(Cc2ccccc2)c2ccccc23)C1. The van der Waals surface area contributed by atoms with Gasteiger partial charge in [0.2, 0.25) is 5.91 Å². The van der Waals surface area contributed by atoms with Crippen LogP contribution in [0, 0.1) is 5.92 Å². The van der Waals surface area contributed by atoms with Gasteiger partial charge in [-0.15, -0.1) is 0 Å². The second kappa shape index (κ2) is 6.35. The third-order valence-corrected chi connectivity index (χ3v) is 6.74. The molecule has 3 heterocycles. The van der Waals surface area contributed by atoms with Gasteiger partial charge in [-0.25, -0.2) is 0 Å². The zero-order chi connectivity index (χ0) is 18.4. The minimum absolute atomic E-state index is 0.190. The van der Waals surface area contributed by atoms with Crippen molar-refractivity contribution >= 4 is 11.6 Å². The molecule has 3 nitrogen and oxygen atoms in total. The number of nitrogens with zero attached hydrogens (tertiary/aromatic N) is 2. The Hall–Kier alpha value is -2.39. The predicted molar refractivity (Wildman–Crippen MR) is 109 cm³/mol. The van der Waals surface area contributed by atoms with E-state index in [-0.39, 0.29) is 11.9 Å². The molecule has 138 valence electrons. The maximum Gasteiger partial charge on any atom is 0.240 e. The molecule has 0 aliphatic carbocycles. The molecule has 2 aromatic carbocycles. The van der Waals surface area contributed by atoms with Crippen molar-refractivity contribution in [2.24, 2.45) is 5.92 Å². The van der Waals surface area contributed by atoms with Crippen LogP contribution in [-0.4, -0.2) is 29.9 Å². The van der Waals surface area contributed by atoms with Crippen molar-refractivity contribution in [1.82, 2.24) is 4.90 Å². The van der Waals surface area contributed by atoms with E-state index in [4.69, 9.17) is 0 Å². The maximum atomic E-state index is 13.9. The van der Waals surface area contributed by atoms with Crippen LogP contribution in [0.1, 0.15) is 30.9 Å². The summed E-state index contributed by atoms with van der Waals surface area (Å²) >= 11 is 0. The number of carbonyl (C=O) groups excluding carboxylic acids is 1. The standard InChI is InChI=1S/C24H26N2O/c1-2-18-12-13-22-24(14-15-25(22)16-18)20-10-6-7-11-21(20)26(23(24)27)17-19-8-4-3-5-9-19/h3-13,18,22H,2,14-17H2,1H3/t18?,22-,24-/m1/s1. The average molecular weight is 358 g/mol. The van der Waals surface area contributed by atoms with E-state index < -0.39 is 5.41 Å². The normalized spacial score (nSPS) is 29.4. The molecular weight excluding hydrogens is 332 g/mol. The Morgan fingerprint density at radius 2 is 1.81 bits per heavy atom. The number of para-hydroxylation sites is 1. The highest BCUT2D eigenvalue weighted by Gasteiger charge is 2.59. The van der Waals surface area contributed by atoms with E-state index >= 15 is 0 Å². The lowest BCUT2D eigenvalue weighted by atomic mass is 9.74. The number of hydrogen-bond donors (Lipinski definition) is 0. The Bertz CT molecular complexity index is 890. The van der Waals surface area contributed by atoms with Crippen molar-refractivity contribution in [3.63, 3.8) is 0 Å². The summed E-state index contributed by atoms with van der Waals surface area (Å²) in [6.45, 7) is 4.98. The van der Waals surface area contributed by atoms with Crippen LogP contribution in [0.5, 0.6) is 0 Å². The topological polar surface area (TPSA) is 23.6 Å². The molecule has 3 atom stereocenters. The molecule has 0 radical (unpaired) electrons. The second-order valence-electron chi connectivity index (χ2n) is 8.11. The largest absolute Gasteiger partial charge is 0.307 e. The van der Waals surface area contributed by atoms with Gasteiger partial charge in [0, 0.05) is 24.8 Å². The van der Waals surface area contributed by atoms with Crippen LogP contribution in [0.25, 0.3) is 0 Å². The molecular formula is C24H26N2O. The van der Waals surface area contributed by atoms with E-state index in [0.717, 1.165) is 31.6 Å². The number of rotatable bonds is 3. The third kappa shape index (κ3) is 2.41. The van der Waals surface area contributed by atoms with Gasteiger partial charge in [-0.2, -0.15) is 0 Å². The summed E-state index contributed by atoms with van der Waals surface area (Å²) in [7, 11) is 0. The van der Waals surface area contributed by atoms with Crippen molar-refractivity contribution in [3.05, 3.63) is 77.9 Å². The monoisotopic (exact) mass is 358 g/mol. The van der Waals surface area contributed by atoms with E-state index in [1.54, 1.807) is 0 Å². The van der Waals surface area contributed by atoms with Crippen LogP contribution in [0.2, 0.25) is 0 Å². The van der Waals surface area contributed by atoms with Gasteiger partial charge in [-0.1, -0.05) is 67.6 Å². The first kappa shape index (κ1) is 16.8. The lowest BCUT2D eigenvalue weighted by molar-refractivity contribution is -0.123. The van der Waals surface area contributed by atoms with Crippen LogP contribution in [0.15, 0.2) is 66.7 Å². The predicted octanol–water partition coefficient (Wildman–Crippen LogP) is 4.14. The summed E-state index contributed by atoms with van der Waals surface area (Å²) in [5, 5.41) is 0. The molecule has 2 aromatic rings. The highest BCUT2D eigenvalue weighted by Crippen LogP contribution is 2.52. The van der Waals surface area contributed by atoms with Crippen LogP contribution < -0.4 is 4.90 Å². The van der Waals surface area contributed by atoms with Gasteiger partial charge in [-0.05, 0) is 36.0 Å². The molecule has 5 rings (SSSR count). The summed E-state index contributed by atoms with van der Waals surface area (Å²) in [6, 6.07) is 19.0. The molecule has 1 saturated heterocycles. The van der Waals surface area contributed by atoms with Crippen molar-refractivity contribution in [2.75, 3.05) is 18.0 Å². The number of amides is 1. The van der Waals surface area contributed by atoms with Crippen LogP contribution in [-0.2, 0) is 16.8 Å². The molecule has 0 aromatic heterocycles. The molecule has 3 aliphatic heterocycles. The first-order chi connectivity index (χ1) is 13.2. The zero-order valence-electron chi connectivity index (χ0n) is 15.8. The van der Waals surface area contributed by atoms with Crippen molar-refractivity contribution in [1.29, 1.82) is 0 Å². The molecule has 1 unspecified atom stereocenters. The number of hydrogen-bond acceptors (Lipinski definition) is 2. The Morgan fingerprint density at radius 1 is 1.04 bits per heavy atom. The number of anilines is 1. The van der Waals surface area contributed by atoms with Crippen LogP contribution >= 0.6 is 0 Å². The van der Waals surface area contributed by atoms with Gasteiger partial charge in [0.05, 0.1) is 12.0 Å². The van der Waals surface area contributed by atoms with E-state index in [2.05, 4.69) is 60.4 Å². The fourth-order valence-electron chi connectivity index (χ4n) is 5.30. The number of fused-ring (bicyclic) bond motifs is 4. The Balaban J connectivity index is 1.57. The lowest BCUT2D eigenvalue weighted by Gasteiger charge is -2.37. The van der Waals surface area contributed by atoms with Crippen LogP contribution in [0.4, 0.5) is 5.69 Å². The molecule has 1 fully saturated rings. The summed E-state index contributed by atoms with van der Waals surface area (Å²) in [4.78, 5) is 18.4. The number of benzene rings is 2. The Kier molecular flexibility index (Phi) is 3.94. The zero-order valence-corrected chi connectivity index (χ0v) is 15.8. The van der Waals surface area contributed by atoms with Crippen molar-refractivity contribution < 1.29 is 4.79 Å².